The van der Waals surface area contributed by atoms with Crippen LogP contribution in [0.15, 0.2) is 0 Å². The fourth-order valence-electron chi connectivity index (χ4n) is 2.36. The SMILES string of the molecule is O=S1(=O)C[C@@H](O)[C@H](N2CCCNCC2)C1. The molecule has 0 amide bonds. The van der Waals surface area contributed by atoms with E-state index >= 15 is 0 Å². The van der Waals surface area contributed by atoms with Gasteiger partial charge in [-0.25, -0.2) is 8.42 Å². The zero-order valence-corrected chi connectivity index (χ0v) is 9.54. The predicted octanol–water partition coefficient (Wildman–Crippen LogP) is -1.56. The first-order valence-corrected chi connectivity index (χ1v) is 7.24. The zero-order chi connectivity index (χ0) is 10.9. The Kier molecular flexibility index (Phi) is 3.30. The van der Waals surface area contributed by atoms with Crippen LogP contribution in [0.2, 0.25) is 0 Å². The predicted molar refractivity (Wildman–Crippen MR) is 57.5 cm³/mol. The maximum Gasteiger partial charge on any atom is 0.154 e. The molecule has 2 fully saturated rings. The second kappa shape index (κ2) is 4.37. The van der Waals surface area contributed by atoms with Crippen molar-refractivity contribution in [3.63, 3.8) is 0 Å². The van der Waals surface area contributed by atoms with Gasteiger partial charge in [0.25, 0.3) is 0 Å². The molecular weight excluding hydrogens is 216 g/mol. The van der Waals surface area contributed by atoms with Crippen LogP contribution < -0.4 is 5.32 Å². The van der Waals surface area contributed by atoms with Crippen molar-refractivity contribution in [3.8, 4) is 0 Å². The second-order valence-electron chi connectivity index (χ2n) is 4.35. The first kappa shape index (κ1) is 11.3. The van der Waals surface area contributed by atoms with E-state index in [0.717, 1.165) is 32.6 Å². The van der Waals surface area contributed by atoms with E-state index < -0.39 is 15.9 Å². The lowest BCUT2D eigenvalue weighted by atomic mass is 10.2. The van der Waals surface area contributed by atoms with E-state index in [-0.39, 0.29) is 17.5 Å². The Morgan fingerprint density at radius 2 is 2.00 bits per heavy atom. The smallest absolute Gasteiger partial charge is 0.154 e. The molecule has 0 aromatic rings. The van der Waals surface area contributed by atoms with Crippen molar-refractivity contribution in [2.24, 2.45) is 0 Å². The third-order valence-electron chi connectivity index (χ3n) is 3.14. The van der Waals surface area contributed by atoms with Crippen LogP contribution in [0, 0.1) is 0 Å². The largest absolute Gasteiger partial charge is 0.390 e. The van der Waals surface area contributed by atoms with Gasteiger partial charge >= 0.3 is 0 Å². The molecule has 6 heteroatoms. The highest BCUT2D eigenvalue weighted by molar-refractivity contribution is 7.91. The van der Waals surface area contributed by atoms with Crippen LogP contribution in [0.1, 0.15) is 6.42 Å². The molecule has 2 N–H and O–H groups in total. The molecule has 0 spiro atoms. The van der Waals surface area contributed by atoms with Crippen LogP contribution in [0.4, 0.5) is 0 Å². The van der Waals surface area contributed by atoms with Crippen LogP contribution in [0.25, 0.3) is 0 Å². The number of aliphatic hydroxyl groups excluding tert-OH is 1. The van der Waals surface area contributed by atoms with Crippen molar-refractivity contribution < 1.29 is 13.5 Å². The van der Waals surface area contributed by atoms with Gasteiger partial charge in [-0.1, -0.05) is 0 Å². The second-order valence-corrected chi connectivity index (χ2v) is 6.50. The monoisotopic (exact) mass is 234 g/mol. The summed E-state index contributed by atoms with van der Waals surface area (Å²) in [6, 6.07) is -0.185. The lowest BCUT2D eigenvalue weighted by Gasteiger charge is -2.28. The Bertz CT molecular complexity index is 309. The molecule has 15 heavy (non-hydrogen) atoms. The van der Waals surface area contributed by atoms with E-state index in [0.29, 0.717) is 0 Å². The molecule has 2 aliphatic rings. The van der Waals surface area contributed by atoms with Crippen molar-refractivity contribution >= 4 is 9.84 Å². The lowest BCUT2D eigenvalue weighted by molar-refractivity contribution is 0.0874. The van der Waals surface area contributed by atoms with E-state index in [9.17, 15) is 13.5 Å². The summed E-state index contributed by atoms with van der Waals surface area (Å²) in [5.74, 6) is 0.0514. The van der Waals surface area contributed by atoms with Crippen molar-refractivity contribution in [2.75, 3.05) is 37.7 Å². The Hall–Kier alpha value is -0.170. The molecule has 0 aromatic heterocycles. The lowest BCUT2D eigenvalue weighted by Crippen LogP contribution is -2.44. The maximum atomic E-state index is 11.4. The highest BCUT2D eigenvalue weighted by atomic mass is 32.2. The zero-order valence-electron chi connectivity index (χ0n) is 8.72. The fourth-order valence-corrected chi connectivity index (χ4v) is 4.19. The quantitative estimate of drug-likeness (QED) is 0.574. The summed E-state index contributed by atoms with van der Waals surface area (Å²) in [6.07, 6.45) is 0.316. The number of hydrogen-bond donors (Lipinski definition) is 2. The Labute approximate surface area is 90.4 Å². The van der Waals surface area contributed by atoms with Gasteiger partial charge in [-0.3, -0.25) is 4.90 Å². The highest BCUT2D eigenvalue weighted by Gasteiger charge is 2.39. The molecule has 0 bridgehead atoms. The summed E-state index contributed by atoms with van der Waals surface area (Å²) >= 11 is 0. The summed E-state index contributed by atoms with van der Waals surface area (Å²) in [5, 5.41) is 13.0. The minimum atomic E-state index is -3.02. The van der Waals surface area contributed by atoms with Gasteiger partial charge in [0.1, 0.15) is 0 Å². The third-order valence-corrected chi connectivity index (χ3v) is 4.84. The summed E-state index contributed by atoms with van der Waals surface area (Å²) in [4.78, 5) is 2.11. The van der Waals surface area contributed by atoms with Gasteiger partial charge < -0.3 is 10.4 Å². The van der Waals surface area contributed by atoms with Crippen molar-refractivity contribution in [3.05, 3.63) is 0 Å². The van der Waals surface area contributed by atoms with Crippen LogP contribution >= 0.6 is 0 Å². The third kappa shape index (κ3) is 2.69. The molecule has 5 nitrogen and oxygen atoms in total. The maximum absolute atomic E-state index is 11.4. The van der Waals surface area contributed by atoms with E-state index in [1.807, 2.05) is 0 Å². The number of hydrogen-bond acceptors (Lipinski definition) is 5. The fraction of sp³-hybridized carbons (Fsp3) is 1.00. The van der Waals surface area contributed by atoms with E-state index in [1.54, 1.807) is 0 Å². The van der Waals surface area contributed by atoms with Crippen LogP contribution in [0.5, 0.6) is 0 Å². The van der Waals surface area contributed by atoms with Crippen LogP contribution in [-0.4, -0.2) is 68.3 Å². The molecule has 2 atom stereocenters. The average molecular weight is 234 g/mol. The normalized spacial score (nSPS) is 37.7. The standard InChI is InChI=1S/C9H18N2O3S/c12-9-7-15(13,14)6-8(9)11-4-1-2-10-3-5-11/h8-10,12H,1-7H2/t8-,9-/m1/s1. The Balaban J connectivity index is 2.03. The first-order valence-electron chi connectivity index (χ1n) is 5.42. The Morgan fingerprint density at radius 3 is 2.67 bits per heavy atom. The van der Waals surface area contributed by atoms with Crippen LogP contribution in [-0.2, 0) is 9.84 Å². The summed E-state index contributed by atoms with van der Waals surface area (Å²) in [5.41, 5.74) is 0. The molecule has 0 radical (unpaired) electrons. The molecule has 88 valence electrons. The van der Waals surface area contributed by atoms with Gasteiger partial charge in [0.05, 0.1) is 23.7 Å². The molecule has 2 aliphatic heterocycles. The number of rotatable bonds is 1. The first-order chi connectivity index (χ1) is 7.08. The van der Waals surface area contributed by atoms with Crippen LogP contribution in [0.3, 0.4) is 0 Å². The number of nitrogens with one attached hydrogen (secondary N) is 1. The highest BCUT2D eigenvalue weighted by Crippen LogP contribution is 2.18. The minimum absolute atomic E-state index is 0.0679. The number of aliphatic hydroxyl groups is 1. The minimum Gasteiger partial charge on any atom is -0.390 e. The Morgan fingerprint density at radius 1 is 1.20 bits per heavy atom. The van der Waals surface area contributed by atoms with Gasteiger partial charge in [-0.15, -0.1) is 0 Å². The van der Waals surface area contributed by atoms with Crippen molar-refractivity contribution in [2.45, 2.75) is 18.6 Å². The van der Waals surface area contributed by atoms with Crippen molar-refractivity contribution in [1.82, 2.24) is 10.2 Å². The number of nitrogens with zero attached hydrogens (tertiary/aromatic N) is 1. The molecule has 0 aliphatic carbocycles. The number of sulfone groups is 1. The molecule has 2 rings (SSSR count). The molecule has 0 aromatic carbocycles. The molecule has 0 unspecified atom stereocenters. The topological polar surface area (TPSA) is 69.6 Å². The van der Waals surface area contributed by atoms with Gasteiger partial charge in [0, 0.05) is 13.1 Å². The van der Waals surface area contributed by atoms with Crippen molar-refractivity contribution in [1.29, 1.82) is 0 Å². The molecule has 2 saturated heterocycles. The summed E-state index contributed by atoms with van der Waals surface area (Å²) < 4.78 is 22.8. The molecule has 2 heterocycles. The van der Waals surface area contributed by atoms with Gasteiger partial charge in [0.15, 0.2) is 9.84 Å². The van der Waals surface area contributed by atoms with E-state index in [4.69, 9.17) is 0 Å². The van der Waals surface area contributed by atoms with Gasteiger partial charge in [-0.2, -0.15) is 0 Å². The summed E-state index contributed by atoms with van der Waals surface area (Å²) in [7, 11) is -3.02. The van der Waals surface area contributed by atoms with Gasteiger partial charge in [0.2, 0.25) is 0 Å². The molecule has 0 saturated carbocycles. The molecular formula is C9H18N2O3S. The average Bonchev–Trinajstić information content (AvgIpc) is 2.41. The van der Waals surface area contributed by atoms with E-state index in [2.05, 4.69) is 10.2 Å². The summed E-state index contributed by atoms with van der Waals surface area (Å²) in [6.45, 7) is 3.57. The van der Waals surface area contributed by atoms with E-state index in [1.165, 1.54) is 0 Å². The van der Waals surface area contributed by atoms with Gasteiger partial charge in [-0.05, 0) is 19.5 Å².